The Balaban J connectivity index is 1.98. The van der Waals surface area contributed by atoms with E-state index in [0.717, 1.165) is 4.47 Å². The summed E-state index contributed by atoms with van der Waals surface area (Å²) >= 11 is 3.29. The van der Waals surface area contributed by atoms with E-state index in [1.54, 1.807) is 18.2 Å². The summed E-state index contributed by atoms with van der Waals surface area (Å²) in [7, 11) is 0. The van der Waals surface area contributed by atoms with Crippen LogP contribution in [0.3, 0.4) is 0 Å². The van der Waals surface area contributed by atoms with E-state index in [2.05, 4.69) is 15.9 Å². The molecule has 0 spiro atoms. The molecular weight excluding hydrogens is 314 g/mol. The van der Waals surface area contributed by atoms with Crippen molar-refractivity contribution < 1.29 is 19.4 Å². The summed E-state index contributed by atoms with van der Waals surface area (Å²) in [5.74, 6) is -0.516. The lowest BCUT2D eigenvalue weighted by Crippen LogP contribution is -2.31. The molecule has 1 aromatic carbocycles. The van der Waals surface area contributed by atoms with Crippen molar-refractivity contribution in [2.24, 2.45) is 0 Å². The first-order chi connectivity index (χ1) is 9.15. The fraction of sp³-hybridized carbons (Fsp3) is 0.385. The Morgan fingerprint density at radius 2 is 1.89 bits per heavy atom. The number of benzene rings is 1. The van der Waals surface area contributed by atoms with Crippen LogP contribution < -0.4 is 0 Å². The maximum atomic E-state index is 12.1. The first-order valence-electron chi connectivity index (χ1n) is 5.99. The van der Waals surface area contributed by atoms with E-state index >= 15 is 0 Å². The van der Waals surface area contributed by atoms with Crippen LogP contribution in [0.4, 0.5) is 0 Å². The summed E-state index contributed by atoms with van der Waals surface area (Å²) < 4.78 is 5.88. The molecule has 0 bridgehead atoms. The SMILES string of the molecule is O=C1c2ccc(Br)cc2C(=O)N1CCCOCCO. The third-order valence-corrected chi connectivity index (χ3v) is 3.33. The highest BCUT2D eigenvalue weighted by Gasteiger charge is 2.34. The predicted octanol–water partition coefficient (Wildman–Crippen LogP) is 1.44. The zero-order chi connectivity index (χ0) is 13.8. The van der Waals surface area contributed by atoms with Crippen LogP contribution in [0.2, 0.25) is 0 Å². The molecule has 102 valence electrons. The Bertz CT molecular complexity index is 503. The molecule has 6 heteroatoms. The molecule has 1 aliphatic rings. The lowest BCUT2D eigenvalue weighted by Gasteiger charge is -2.13. The highest BCUT2D eigenvalue weighted by atomic mass is 79.9. The van der Waals surface area contributed by atoms with E-state index in [9.17, 15) is 9.59 Å². The molecule has 1 heterocycles. The standard InChI is InChI=1S/C13H14BrNO4/c14-9-2-3-10-11(8-9)13(18)15(12(10)17)4-1-6-19-7-5-16/h2-3,8,16H,1,4-7H2. The number of carbonyl (C=O) groups excluding carboxylic acids is 2. The van der Waals surface area contributed by atoms with Crippen molar-refractivity contribution in [2.75, 3.05) is 26.4 Å². The summed E-state index contributed by atoms with van der Waals surface area (Å²) in [5.41, 5.74) is 0.889. The lowest BCUT2D eigenvalue weighted by atomic mass is 10.1. The fourth-order valence-electron chi connectivity index (χ4n) is 1.96. The number of carbonyl (C=O) groups is 2. The van der Waals surface area contributed by atoms with Crippen molar-refractivity contribution in [1.29, 1.82) is 0 Å². The first-order valence-corrected chi connectivity index (χ1v) is 6.79. The Morgan fingerprint density at radius 1 is 1.16 bits per heavy atom. The molecule has 0 aromatic heterocycles. The zero-order valence-corrected chi connectivity index (χ0v) is 11.9. The lowest BCUT2D eigenvalue weighted by molar-refractivity contribution is 0.0601. The van der Waals surface area contributed by atoms with Crippen LogP contribution in [0, 0.1) is 0 Å². The topological polar surface area (TPSA) is 66.8 Å². The molecule has 0 unspecified atom stereocenters. The van der Waals surface area contributed by atoms with Crippen molar-refractivity contribution in [1.82, 2.24) is 4.90 Å². The molecule has 0 aliphatic carbocycles. The molecule has 5 nitrogen and oxygen atoms in total. The number of nitrogens with zero attached hydrogens (tertiary/aromatic N) is 1. The maximum Gasteiger partial charge on any atom is 0.261 e. The second kappa shape index (κ2) is 6.27. The number of hydrogen-bond donors (Lipinski definition) is 1. The van der Waals surface area contributed by atoms with Gasteiger partial charge in [0.05, 0.1) is 24.3 Å². The molecule has 0 radical (unpaired) electrons. The zero-order valence-electron chi connectivity index (χ0n) is 10.3. The molecule has 19 heavy (non-hydrogen) atoms. The van der Waals surface area contributed by atoms with Crippen molar-refractivity contribution in [3.63, 3.8) is 0 Å². The van der Waals surface area contributed by atoms with Gasteiger partial charge in [-0.1, -0.05) is 15.9 Å². The molecule has 1 aromatic rings. The van der Waals surface area contributed by atoms with Crippen LogP contribution in [-0.2, 0) is 4.74 Å². The van der Waals surface area contributed by atoms with Gasteiger partial charge in [-0.3, -0.25) is 14.5 Å². The van der Waals surface area contributed by atoms with E-state index < -0.39 is 0 Å². The quantitative estimate of drug-likeness (QED) is 0.634. The van der Waals surface area contributed by atoms with Crippen LogP contribution in [0.15, 0.2) is 22.7 Å². The molecule has 0 saturated carbocycles. The van der Waals surface area contributed by atoms with Crippen LogP contribution >= 0.6 is 15.9 Å². The minimum atomic E-state index is -0.261. The third-order valence-electron chi connectivity index (χ3n) is 2.84. The molecule has 2 rings (SSSR count). The van der Waals surface area contributed by atoms with Crippen molar-refractivity contribution >= 4 is 27.7 Å². The number of rotatable bonds is 6. The number of imide groups is 1. The van der Waals surface area contributed by atoms with Gasteiger partial charge in [0.15, 0.2) is 0 Å². The molecule has 2 amide bonds. The first kappa shape index (κ1) is 14.2. The fourth-order valence-corrected chi connectivity index (χ4v) is 2.32. The van der Waals surface area contributed by atoms with E-state index in [0.29, 0.717) is 30.7 Å². The normalized spacial score (nSPS) is 14.1. The van der Waals surface area contributed by atoms with Gasteiger partial charge >= 0.3 is 0 Å². The average molecular weight is 328 g/mol. The van der Waals surface area contributed by atoms with Gasteiger partial charge in [0.25, 0.3) is 11.8 Å². The molecule has 0 fully saturated rings. The largest absolute Gasteiger partial charge is 0.394 e. The maximum absolute atomic E-state index is 12.1. The summed E-state index contributed by atoms with van der Waals surface area (Å²) in [6, 6.07) is 5.07. The third kappa shape index (κ3) is 3.02. The number of fused-ring (bicyclic) bond motifs is 1. The summed E-state index contributed by atoms with van der Waals surface area (Å²) in [6.45, 7) is 0.989. The number of halogens is 1. The van der Waals surface area contributed by atoms with Gasteiger partial charge in [0.2, 0.25) is 0 Å². The molecule has 0 saturated heterocycles. The summed E-state index contributed by atoms with van der Waals surface area (Å²) in [5, 5.41) is 8.56. The Morgan fingerprint density at radius 3 is 2.63 bits per heavy atom. The number of ether oxygens (including phenoxy) is 1. The smallest absolute Gasteiger partial charge is 0.261 e. The van der Waals surface area contributed by atoms with Crippen LogP contribution in [0.25, 0.3) is 0 Å². The van der Waals surface area contributed by atoms with Gasteiger partial charge in [-0.05, 0) is 24.6 Å². The van der Waals surface area contributed by atoms with Crippen LogP contribution in [-0.4, -0.2) is 48.2 Å². The minimum absolute atomic E-state index is 0.0267. The van der Waals surface area contributed by atoms with E-state index in [4.69, 9.17) is 9.84 Å². The van der Waals surface area contributed by atoms with Crippen LogP contribution in [0.5, 0.6) is 0 Å². The molecule has 1 aliphatic heterocycles. The minimum Gasteiger partial charge on any atom is -0.394 e. The Hall–Kier alpha value is -1.24. The summed E-state index contributed by atoms with van der Waals surface area (Å²) in [4.78, 5) is 25.4. The van der Waals surface area contributed by atoms with Gasteiger partial charge in [0.1, 0.15) is 0 Å². The number of aliphatic hydroxyl groups is 1. The summed E-state index contributed by atoms with van der Waals surface area (Å²) in [6.07, 6.45) is 0.562. The molecule has 1 N–H and O–H groups in total. The van der Waals surface area contributed by atoms with Gasteiger partial charge in [-0.25, -0.2) is 0 Å². The van der Waals surface area contributed by atoms with Crippen molar-refractivity contribution in [3.8, 4) is 0 Å². The van der Waals surface area contributed by atoms with Gasteiger partial charge in [-0.2, -0.15) is 0 Å². The van der Waals surface area contributed by atoms with Gasteiger partial charge in [-0.15, -0.1) is 0 Å². The predicted molar refractivity (Wildman–Crippen MR) is 72.0 cm³/mol. The van der Waals surface area contributed by atoms with Gasteiger partial charge < -0.3 is 9.84 Å². The number of aliphatic hydroxyl groups excluding tert-OH is 1. The number of hydrogen-bond acceptors (Lipinski definition) is 4. The average Bonchev–Trinajstić information content (AvgIpc) is 2.63. The van der Waals surface area contributed by atoms with Crippen molar-refractivity contribution in [2.45, 2.75) is 6.42 Å². The van der Waals surface area contributed by atoms with Gasteiger partial charge in [0, 0.05) is 17.6 Å². The monoisotopic (exact) mass is 327 g/mol. The molecular formula is C13H14BrNO4. The van der Waals surface area contributed by atoms with E-state index in [1.807, 2.05) is 0 Å². The second-order valence-corrected chi connectivity index (χ2v) is 5.06. The Labute approximate surface area is 119 Å². The number of amides is 2. The van der Waals surface area contributed by atoms with Crippen LogP contribution in [0.1, 0.15) is 27.1 Å². The van der Waals surface area contributed by atoms with Crippen molar-refractivity contribution in [3.05, 3.63) is 33.8 Å². The van der Waals surface area contributed by atoms with E-state index in [1.165, 1.54) is 4.90 Å². The Kier molecular flexibility index (Phi) is 4.68. The second-order valence-electron chi connectivity index (χ2n) is 4.14. The van der Waals surface area contributed by atoms with E-state index in [-0.39, 0.29) is 25.0 Å². The highest BCUT2D eigenvalue weighted by molar-refractivity contribution is 9.10. The molecule has 0 atom stereocenters. The highest BCUT2D eigenvalue weighted by Crippen LogP contribution is 2.25.